The second-order valence-corrected chi connectivity index (χ2v) is 12.6. The Kier molecular flexibility index (Phi) is 8.19. The fourth-order valence-corrected chi connectivity index (χ4v) is 6.73. The SMILES string of the molecule is CCOC(=O)c1c(NC(=O)C2CCCN(Cc3nc(-c4ccc(C(C)(C)C)cc4)no3)C2)sc2c1CCCC2. The van der Waals surface area contributed by atoms with Gasteiger partial charge in [-0.1, -0.05) is 50.2 Å². The highest BCUT2D eigenvalue weighted by atomic mass is 32.1. The Bertz CT molecular complexity index is 1320. The van der Waals surface area contributed by atoms with E-state index in [4.69, 9.17) is 9.26 Å². The van der Waals surface area contributed by atoms with Gasteiger partial charge in [-0.2, -0.15) is 4.98 Å². The van der Waals surface area contributed by atoms with E-state index in [9.17, 15) is 9.59 Å². The normalized spacial score (nSPS) is 18.0. The average Bonchev–Trinajstić information content (AvgIpc) is 3.53. The minimum absolute atomic E-state index is 0.0472. The zero-order valence-corrected chi connectivity index (χ0v) is 24.2. The fourth-order valence-electron chi connectivity index (χ4n) is 5.45. The van der Waals surface area contributed by atoms with E-state index < -0.39 is 0 Å². The molecule has 0 bridgehead atoms. The molecule has 0 saturated carbocycles. The van der Waals surface area contributed by atoms with E-state index >= 15 is 0 Å². The van der Waals surface area contributed by atoms with Crippen LogP contribution in [0.15, 0.2) is 28.8 Å². The number of nitrogens with one attached hydrogen (secondary N) is 1. The molecule has 2 aromatic heterocycles. The number of carbonyl (C=O) groups is 2. The lowest BCUT2D eigenvalue weighted by atomic mass is 9.87. The Balaban J connectivity index is 1.23. The first-order chi connectivity index (χ1) is 18.7. The zero-order chi connectivity index (χ0) is 27.6. The van der Waals surface area contributed by atoms with Crippen LogP contribution in [0.5, 0.6) is 0 Å². The number of piperidine rings is 1. The van der Waals surface area contributed by atoms with Gasteiger partial charge in [-0.15, -0.1) is 11.3 Å². The Morgan fingerprint density at radius 2 is 1.92 bits per heavy atom. The Morgan fingerprint density at radius 1 is 1.15 bits per heavy atom. The molecule has 1 atom stereocenters. The van der Waals surface area contributed by atoms with Gasteiger partial charge < -0.3 is 14.6 Å². The lowest BCUT2D eigenvalue weighted by Gasteiger charge is -2.30. The number of rotatable bonds is 7. The van der Waals surface area contributed by atoms with Crippen LogP contribution in [-0.4, -0.2) is 46.6 Å². The summed E-state index contributed by atoms with van der Waals surface area (Å²) in [7, 11) is 0. The van der Waals surface area contributed by atoms with E-state index in [1.54, 1.807) is 6.92 Å². The highest BCUT2D eigenvalue weighted by molar-refractivity contribution is 7.17. The third kappa shape index (κ3) is 6.25. The molecule has 0 spiro atoms. The van der Waals surface area contributed by atoms with Crippen LogP contribution >= 0.6 is 11.3 Å². The maximum atomic E-state index is 13.4. The van der Waals surface area contributed by atoms with Crippen molar-refractivity contribution in [2.24, 2.45) is 5.92 Å². The maximum Gasteiger partial charge on any atom is 0.341 e. The number of aryl methyl sites for hydroxylation is 1. The number of nitrogens with zero attached hydrogens (tertiary/aromatic N) is 3. The predicted molar refractivity (Wildman–Crippen MR) is 152 cm³/mol. The third-order valence-electron chi connectivity index (χ3n) is 7.60. The molecule has 3 heterocycles. The van der Waals surface area contributed by atoms with Crippen LogP contribution in [0.2, 0.25) is 0 Å². The second-order valence-electron chi connectivity index (χ2n) is 11.5. The Morgan fingerprint density at radius 3 is 2.67 bits per heavy atom. The number of thiophene rings is 1. The summed E-state index contributed by atoms with van der Waals surface area (Å²) >= 11 is 1.53. The number of amides is 1. The molecule has 208 valence electrons. The predicted octanol–water partition coefficient (Wildman–Crippen LogP) is 6.00. The molecule has 1 amide bonds. The Hall–Kier alpha value is -3.04. The molecule has 2 aliphatic rings. The molecule has 1 N–H and O–H groups in total. The van der Waals surface area contributed by atoms with Gasteiger partial charge in [-0.05, 0) is 68.5 Å². The van der Waals surface area contributed by atoms with Crippen molar-refractivity contribution in [2.45, 2.75) is 78.2 Å². The van der Waals surface area contributed by atoms with Gasteiger partial charge in [0.15, 0.2) is 0 Å². The molecule has 1 aliphatic heterocycles. The third-order valence-corrected chi connectivity index (χ3v) is 8.81. The number of anilines is 1. The highest BCUT2D eigenvalue weighted by Crippen LogP contribution is 2.39. The number of hydrogen-bond donors (Lipinski definition) is 1. The highest BCUT2D eigenvalue weighted by Gasteiger charge is 2.31. The quantitative estimate of drug-likeness (QED) is 0.360. The molecule has 1 saturated heterocycles. The van der Waals surface area contributed by atoms with Gasteiger partial charge in [-0.25, -0.2) is 4.79 Å². The molecule has 1 aromatic carbocycles. The summed E-state index contributed by atoms with van der Waals surface area (Å²) in [5, 5.41) is 7.94. The number of ether oxygens (including phenoxy) is 1. The van der Waals surface area contributed by atoms with Gasteiger partial charge in [0.05, 0.1) is 24.6 Å². The lowest BCUT2D eigenvalue weighted by Crippen LogP contribution is -2.40. The van der Waals surface area contributed by atoms with E-state index in [0.29, 0.717) is 42.0 Å². The number of fused-ring (bicyclic) bond motifs is 1. The van der Waals surface area contributed by atoms with Gasteiger partial charge in [0.2, 0.25) is 17.6 Å². The van der Waals surface area contributed by atoms with Crippen LogP contribution in [0.1, 0.15) is 85.6 Å². The van der Waals surface area contributed by atoms with Crippen molar-refractivity contribution in [3.63, 3.8) is 0 Å². The van der Waals surface area contributed by atoms with Crippen molar-refractivity contribution >= 4 is 28.2 Å². The average molecular weight is 551 g/mol. The van der Waals surface area contributed by atoms with Gasteiger partial charge in [0.1, 0.15) is 5.00 Å². The number of hydrogen-bond acceptors (Lipinski definition) is 8. The number of carbonyl (C=O) groups excluding carboxylic acids is 2. The first-order valence-electron chi connectivity index (χ1n) is 14.0. The van der Waals surface area contributed by atoms with Crippen molar-refractivity contribution in [1.82, 2.24) is 15.0 Å². The van der Waals surface area contributed by atoms with Crippen LogP contribution < -0.4 is 5.32 Å². The molecule has 9 heteroatoms. The van der Waals surface area contributed by atoms with Crippen LogP contribution in [0, 0.1) is 5.92 Å². The first kappa shape index (κ1) is 27.5. The topological polar surface area (TPSA) is 97.6 Å². The molecule has 1 unspecified atom stereocenters. The smallest absolute Gasteiger partial charge is 0.341 e. The summed E-state index contributed by atoms with van der Waals surface area (Å²) < 4.78 is 10.9. The van der Waals surface area contributed by atoms with Crippen molar-refractivity contribution in [1.29, 1.82) is 0 Å². The minimum Gasteiger partial charge on any atom is -0.462 e. The largest absolute Gasteiger partial charge is 0.462 e. The summed E-state index contributed by atoms with van der Waals surface area (Å²) in [5.41, 5.74) is 3.88. The summed E-state index contributed by atoms with van der Waals surface area (Å²) in [6.07, 6.45) is 5.68. The van der Waals surface area contributed by atoms with E-state index in [-0.39, 0.29) is 23.2 Å². The van der Waals surface area contributed by atoms with Crippen LogP contribution in [0.4, 0.5) is 5.00 Å². The number of esters is 1. The van der Waals surface area contributed by atoms with Crippen molar-refractivity contribution in [2.75, 3.05) is 25.0 Å². The second kappa shape index (κ2) is 11.6. The summed E-state index contributed by atoms with van der Waals surface area (Å²) in [6.45, 7) is 10.6. The molecule has 39 heavy (non-hydrogen) atoms. The van der Waals surface area contributed by atoms with Crippen molar-refractivity contribution < 1.29 is 18.8 Å². The van der Waals surface area contributed by atoms with E-state index in [1.165, 1.54) is 21.8 Å². The van der Waals surface area contributed by atoms with Crippen LogP contribution in [-0.2, 0) is 34.3 Å². The molecular weight excluding hydrogens is 512 g/mol. The zero-order valence-electron chi connectivity index (χ0n) is 23.3. The number of benzene rings is 1. The van der Waals surface area contributed by atoms with Crippen molar-refractivity contribution in [3.8, 4) is 11.4 Å². The Labute approximate surface area is 234 Å². The number of likely N-dealkylation sites (tertiary alicyclic amines) is 1. The van der Waals surface area contributed by atoms with Gasteiger partial charge in [0, 0.05) is 17.0 Å². The van der Waals surface area contributed by atoms with Crippen LogP contribution in [0.25, 0.3) is 11.4 Å². The standard InChI is InChI=1S/C30H38N4O4S/c1-5-37-29(36)25-22-10-6-7-11-23(22)39-28(25)32-27(35)20-9-8-16-34(17-20)18-24-31-26(33-38-24)19-12-14-21(15-13-19)30(2,3)4/h12-15,20H,5-11,16-18H2,1-4H3,(H,32,35). The van der Waals surface area contributed by atoms with Crippen molar-refractivity contribution in [3.05, 3.63) is 51.7 Å². The van der Waals surface area contributed by atoms with Gasteiger partial charge >= 0.3 is 5.97 Å². The van der Waals surface area contributed by atoms with Crippen LogP contribution in [0.3, 0.4) is 0 Å². The lowest BCUT2D eigenvalue weighted by molar-refractivity contribution is -0.121. The summed E-state index contributed by atoms with van der Waals surface area (Å²) in [4.78, 5) is 34.2. The maximum absolute atomic E-state index is 13.4. The molecular formula is C30H38N4O4S. The fraction of sp³-hybridized carbons (Fsp3) is 0.533. The number of aromatic nitrogens is 2. The van der Waals surface area contributed by atoms with E-state index in [0.717, 1.165) is 56.2 Å². The van der Waals surface area contributed by atoms with Gasteiger partial charge in [0.25, 0.3) is 0 Å². The van der Waals surface area contributed by atoms with E-state index in [2.05, 4.69) is 53.3 Å². The molecule has 1 fully saturated rings. The summed E-state index contributed by atoms with van der Waals surface area (Å²) in [6, 6.07) is 8.28. The monoisotopic (exact) mass is 550 g/mol. The molecule has 8 nitrogen and oxygen atoms in total. The van der Waals surface area contributed by atoms with E-state index in [1.807, 2.05) is 12.1 Å². The molecule has 0 radical (unpaired) electrons. The summed E-state index contributed by atoms with van der Waals surface area (Å²) in [5.74, 6) is 0.554. The molecule has 3 aromatic rings. The van der Waals surface area contributed by atoms with Gasteiger partial charge in [-0.3, -0.25) is 9.69 Å². The first-order valence-corrected chi connectivity index (χ1v) is 14.8. The minimum atomic E-state index is -0.335. The molecule has 5 rings (SSSR count). The molecule has 1 aliphatic carbocycles.